The van der Waals surface area contributed by atoms with Gasteiger partial charge in [-0.05, 0) is 19.4 Å². The van der Waals surface area contributed by atoms with Crippen molar-refractivity contribution in [2.24, 2.45) is 7.05 Å². The number of rotatable bonds is 8. The summed E-state index contributed by atoms with van der Waals surface area (Å²) in [4.78, 5) is 29.3. The molecular weight excluding hydrogens is 478 g/mol. The summed E-state index contributed by atoms with van der Waals surface area (Å²) in [5, 5.41) is 33.6. The smallest absolute Gasteiger partial charge is 0.275 e. The molecule has 5 rings (SSSR count). The van der Waals surface area contributed by atoms with Crippen LogP contribution in [0.1, 0.15) is 31.3 Å². The molecule has 1 atom stereocenters. The van der Waals surface area contributed by atoms with Crippen molar-refractivity contribution in [3.05, 3.63) is 70.5 Å². The summed E-state index contributed by atoms with van der Waals surface area (Å²) in [5.41, 5.74) is 0.725. The van der Waals surface area contributed by atoms with Gasteiger partial charge in [-0.15, -0.1) is 0 Å². The van der Waals surface area contributed by atoms with Crippen LogP contribution in [0.2, 0.25) is 0 Å². The molecule has 0 saturated carbocycles. The largest absolute Gasteiger partial charge is 0.394 e. The Morgan fingerprint density at radius 1 is 1.16 bits per heavy atom. The highest BCUT2D eigenvalue weighted by Gasteiger charge is 2.25. The van der Waals surface area contributed by atoms with Gasteiger partial charge in [-0.2, -0.15) is 9.97 Å². The first-order valence-electron chi connectivity index (χ1n) is 11.4. The van der Waals surface area contributed by atoms with E-state index in [9.17, 15) is 15.0 Å². The summed E-state index contributed by atoms with van der Waals surface area (Å²) in [7, 11) is 1.68. The van der Waals surface area contributed by atoms with Gasteiger partial charge in [-0.25, -0.2) is 9.97 Å². The Morgan fingerprint density at radius 3 is 2.65 bits per heavy atom. The summed E-state index contributed by atoms with van der Waals surface area (Å²) < 4.78 is 6.93. The minimum Gasteiger partial charge on any atom is -0.394 e. The fraction of sp³-hybridized carbons (Fsp3) is 0.250. The van der Waals surface area contributed by atoms with Crippen molar-refractivity contribution in [1.29, 1.82) is 0 Å². The lowest BCUT2D eigenvalue weighted by atomic mass is 10.1. The van der Waals surface area contributed by atoms with E-state index in [2.05, 4.69) is 40.8 Å². The third-order valence-electron chi connectivity index (χ3n) is 5.66. The van der Waals surface area contributed by atoms with Crippen molar-refractivity contribution in [1.82, 2.24) is 34.9 Å². The van der Waals surface area contributed by atoms with E-state index in [0.717, 1.165) is 5.56 Å². The first-order chi connectivity index (χ1) is 17.7. The van der Waals surface area contributed by atoms with Crippen molar-refractivity contribution in [2.75, 3.05) is 17.2 Å². The zero-order chi connectivity index (χ0) is 26.2. The van der Waals surface area contributed by atoms with Gasteiger partial charge < -0.3 is 25.4 Å². The summed E-state index contributed by atoms with van der Waals surface area (Å²) >= 11 is 0. The van der Waals surface area contributed by atoms with E-state index in [0.29, 0.717) is 28.1 Å². The second-order valence-corrected chi connectivity index (χ2v) is 8.94. The van der Waals surface area contributed by atoms with Crippen LogP contribution in [0, 0.1) is 0 Å². The molecule has 5 N–H and O–H groups in total. The highest BCUT2D eigenvalue weighted by molar-refractivity contribution is 5.77. The quantitative estimate of drug-likeness (QED) is 0.209. The lowest BCUT2D eigenvalue weighted by Gasteiger charge is -2.20. The van der Waals surface area contributed by atoms with Gasteiger partial charge in [-0.3, -0.25) is 14.6 Å². The van der Waals surface area contributed by atoms with E-state index in [1.165, 1.54) is 17.1 Å². The Bertz CT molecular complexity index is 1600. The number of aromatic amines is 1. The van der Waals surface area contributed by atoms with Crippen molar-refractivity contribution in [3.8, 4) is 11.5 Å². The van der Waals surface area contributed by atoms with Gasteiger partial charge in [0.1, 0.15) is 16.8 Å². The molecule has 4 heterocycles. The van der Waals surface area contributed by atoms with E-state index in [4.69, 9.17) is 4.52 Å². The summed E-state index contributed by atoms with van der Waals surface area (Å²) in [6.07, 6.45) is 2.96. The number of pyridine rings is 1. The van der Waals surface area contributed by atoms with Crippen LogP contribution in [-0.4, -0.2) is 51.7 Å². The standard InChI is InChI=1S/C24H25N9O4/c1-24(2,36)22-30-21(37-32-22)14-10-25-18(9-16(14)27-17(12-34)13-7-5-4-6-8-13)28-23-26-11-15-19(29-23)33(3)31-20(15)35/h4-11,17,34,36H,12H2,1-3H3,(H,31,35)(H2,25,26,27,28,29)/t17-/m1/s1. The maximum absolute atomic E-state index is 11.9. The molecule has 0 bridgehead atoms. The summed E-state index contributed by atoms with van der Waals surface area (Å²) in [6, 6.07) is 10.7. The number of fused-ring (bicyclic) bond motifs is 1. The van der Waals surface area contributed by atoms with E-state index in [-0.39, 0.29) is 29.8 Å². The molecule has 0 unspecified atom stereocenters. The Hall–Kier alpha value is -4.62. The number of aliphatic hydroxyl groups is 2. The molecule has 5 aromatic rings. The van der Waals surface area contributed by atoms with Gasteiger partial charge in [0.2, 0.25) is 11.8 Å². The Morgan fingerprint density at radius 2 is 1.95 bits per heavy atom. The Balaban J connectivity index is 1.53. The number of aromatic nitrogens is 7. The molecule has 4 aromatic heterocycles. The van der Waals surface area contributed by atoms with Crippen LogP contribution in [0.15, 0.2) is 58.1 Å². The zero-order valence-electron chi connectivity index (χ0n) is 20.3. The van der Waals surface area contributed by atoms with Crippen LogP contribution < -0.4 is 16.2 Å². The number of H-pyrrole nitrogens is 1. The second-order valence-electron chi connectivity index (χ2n) is 8.94. The third-order valence-corrected chi connectivity index (χ3v) is 5.66. The molecule has 0 fully saturated rings. The second kappa shape index (κ2) is 9.44. The number of anilines is 3. The number of nitrogens with zero attached hydrogens (tertiary/aromatic N) is 6. The lowest BCUT2D eigenvalue weighted by molar-refractivity contribution is 0.0661. The minimum atomic E-state index is -1.30. The molecule has 1 aromatic carbocycles. The molecule has 13 heteroatoms. The van der Waals surface area contributed by atoms with Gasteiger partial charge in [-0.1, -0.05) is 35.5 Å². The number of nitrogens with one attached hydrogen (secondary N) is 3. The topological polar surface area (TPSA) is 180 Å². The number of benzene rings is 1. The van der Waals surface area contributed by atoms with Crippen LogP contribution in [-0.2, 0) is 12.6 Å². The van der Waals surface area contributed by atoms with Gasteiger partial charge >= 0.3 is 0 Å². The number of aryl methyl sites for hydroxylation is 1. The SMILES string of the molecule is Cn1[nH]c(=O)c2cnc(Nc3cc(N[C@H](CO)c4ccccc4)c(-c4nc(C(C)(C)O)no4)cn3)nc21. The zero-order valence-corrected chi connectivity index (χ0v) is 20.3. The highest BCUT2D eigenvalue weighted by atomic mass is 16.5. The fourth-order valence-corrected chi connectivity index (χ4v) is 3.73. The summed E-state index contributed by atoms with van der Waals surface area (Å²) in [5.74, 6) is 0.884. The molecule has 0 aliphatic carbocycles. The molecule has 0 saturated heterocycles. The number of hydrogen-bond donors (Lipinski definition) is 5. The fourth-order valence-electron chi connectivity index (χ4n) is 3.73. The monoisotopic (exact) mass is 503 g/mol. The average molecular weight is 504 g/mol. The van der Waals surface area contributed by atoms with Gasteiger partial charge in [0.05, 0.1) is 23.9 Å². The average Bonchev–Trinajstić information content (AvgIpc) is 3.48. The first-order valence-corrected chi connectivity index (χ1v) is 11.4. The molecule has 13 nitrogen and oxygen atoms in total. The van der Waals surface area contributed by atoms with E-state index in [1.807, 2.05) is 30.3 Å². The van der Waals surface area contributed by atoms with E-state index >= 15 is 0 Å². The van der Waals surface area contributed by atoms with Crippen LogP contribution in [0.4, 0.5) is 17.5 Å². The maximum Gasteiger partial charge on any atom is 0.275 e. The lowest BCUT2D eigenvalue weighted by Crippen LogP contribution is -2.17. The normalized spacial score (nSPS) is 12.6. The predicted molar refractivity (Wildman–Crippen MR) is 135 cm³/mol. The van der Waals surface area contributed by atoms with Gasteiger partial charge in [0.25, 0.3) is 11.4 Å². The molecule has 0 spiro atoms. The Kier molecular flexibility index (Phi) is 6.15. The minimum absolute atomic E-state index is 0.122. The maximum atomic E-state index is 11.9. The Labute approximate surface area is 210 Å². The predicted octanol–water partition coefficient (Wildman–Crippen LogP) is 2.22. The van der Waals surface area contributed by atoms with Crippen molar-refractivity contribution in [3.63, 3.8) is 0 Å². The van der Waals surface area contributed by atoms with E-state index < -0.39 is 11.6 Å². The third kappa shape index (κ3) is 4.90. The van der Waals surface area contributed by atoms with Crippen LogP contribution in [0.3, 0.4) is 0 Å². The number of hydrogen-bond acceptors (Lipinski definition) is 11. The molecular formula is C24H25N9O4. The molecule has 0 amide bonds. The van der Waals surface area contributed by atoms with Crippen LogP contribution in [0.25, 0.3) is 22.5 Å². The van der Waals surface area contributed by atoms with Crippen LogP contribution >= 0.6 is 0 Å². The summed E-state index contributed by atoms with van der Waals surface area (Å²) in [6.45, 7) is 2.93. The van der Waals surface area contributed by atoms with Crippen molar-refractivity contribution < 1.29 is 14.7 Å². The molecule has 190 valence electrons. The molecule has 0 radical (unpaired) electrons. The first kappa shape index (κ1) is 24.1. The van der Waals surface area contributed by atoms with Gasteiger partial charge in [0.15, 0.2) is 5.65 Å². The van der Waals surface area contributed by atoms with Crippen LogP contribution in [0.5, 0.6) is 0 Å². The van der Waals surface area contributed by atoms with Crippen molar-refractivity contribution in [2.45, 2.75) is 25.5 Å². The highest BCUT2D eigenvalue weighted by Crippen LogP contribution is 2.32. The molecule has 0 aliphatic heterocycles. The van der Waals surface area contributed by atoms with E-state index in [1.54, 1.807) is 27.0 Å². The van der Waals surface area contributed by atoms with Gasteiger partial charge in [0, 0.05) is 25.5 Å². The molecule has 37 heavy (non-hydrogen) atoms. The number of aliphatic hydroxyl groups excluding tert-OH is 1. The molecule has 0 aliphatic rings. The van der Waals surface area contributed by atoms with Crippen molar-refractivity contribution >= 4 is 28.5 Å².